The summed E-state index contributed by atoms with van der Waals surface area (Å²) in [6.45, 7) is 2.42. The van der Waals surface area contributed by atoms with Gasteiger partial charge < -0.3 is 11.1 Å². The van der Waals surface area contributed by atoms with Gasteiger partial charge in [-0.05, 0) is 18.6 Å². The smallest absolute Gasteiger partial charge is 0.228 e. The molecule has 1 amide bonds. The summed E-state index contributed by atoms with van der Waals surface area (Å²) < 4.78 is 0. The predicted octanol–water partition coefficient (Wildman–Crippen LogP) is 1.88. The van der Waals surface area contributed by atoms with Crippen molar-refractivity contribution in [2.45, 2.75) is 19.8 Å². The molecule has 0 spiro atoms. The minimum absolute atomic E-state index is 0.0203. The third-order valence-electron chi connectivity index (χ3n) is 3.04. The lowest BCUT2D eigenvalue weighted by Crippen LogP contribution is -2.29. The van der Waals surface area contributed by atoms with Crippen LogP contribution in [-0.2, 0) is 4.79 Å². The molecule has 0 aliphatic carbocycles. The number of aromatic nitrogens is 2. The predicted molar refractivity (Wildman–Crippen MR) is 72.2 cm³/mol. The molecule has 5 heteroatoms. The maximum Gasteiger partial charge on any atom is 0.228 e. The lowest BCUT2D eigenvalue weighted by Gasteiger charge is -2.14. The number of nitrogens with two attached hydrogens (primary N) is 1. The molecular weight excluding hydrogens is 228 g/mol. The first-order valence-electron chi connectivity index (χ1n) is 6.19. The third-order valence-corrected chi connectivity index (χ3v) is 3.04. The van der Waals surface area contributed by atoms with Gasteiger partial charge in [-0.3, -0.25) is 9.89 Å². The van der Waals surface area contributed by atoms with E-state index in [2.05, 4.69) is 15.5 Å². The number of H-pyrrole nitrogens is 1. The number of hydrogen-bond donors (Lipinski definition) is 3. The average Bonchev–Trinajstić information content (AvgIpc) is 2.85. The first kappa shape index (κ1) is 12.6. The van der Waals surface area contributed by atoms with E-state index >= 15 is 0 Å². The van der Waals surface area contributed by atoms with Gasteiger partial charge in [-0.25, -0.2) is 0 Å². The molecule has 0 saturated heterocycles. The highest BCUT2D eigenvalue weighted by Gasteiger charge is 2.16. The standard InChI is InChI=1S/C13H18N4O/c1-2-4-9(7-14)13(18)16-11-5-3-6-12-10(11)8-15-17-12/h3,5-6,8-9H,2,4,7,14H2,1H3,(H,15,17)(H,16,18). The highest BCUT2D eigenvalue weighted by atomic mass is 16.1. The van der Waals surface area contributed by atoms with Gasteiger partial charge in [0.05, 0.1) is 23.3 Å². The van der Waals surface area contributed by atoms with Crippen LogP contribution in [0.25, 0.3) is 10.9 Å². The molecule has 1 heterocycles. The van der Waals surface area contributed by atoms with Crippen molar-refractivity contribution >= 4 is 22.5 Å². The van der Waals surface area contributed by atoms with Crippen LogP contribution in [0.15, 0.2) is 24.4 Å². The Hall–Kier alpha value is -1.88. The Morgan fingerprint density at radius 3 is 3.11 bits per heavy atom. The second kappa shape index (κ2) is 5.64. The number of fused-ring (bicyclic) bond motifs is 1. The molecule has 96 valence electrons. The van der Waals surface area contributed by atoms with Crippen LogP contribution >= 0.6 is 0 Å². The number of benzene rings is 1. The molecule has 0 aliphatic heterocycles. The van der Waals surface area contributed by atoms with Gasteiger partial charge in [-0.15, -0.1) is 0 Å². The van der Waals surface area contributed by atoms with Gasteiger partial charge in [0.15, 0.2) is 0 Å². The summed E-state index contributed by atoms with van der Waals surface area (Å²) in [6.07, 6.45) is 3.47. The Kier molecular flexibility index (Phi) is 3.94. The van der Waals surface area contributed by atoms with E-state index in [4.69, 9.17) is 5.73 Å². The number of hydrogen-bond acceptors (Lipinski definition) is 3. The zero-order chi connectivity index (χ0) is 13.0. The van der Waals surface area contributed by atoms with Gasteiger partial charge in [0, 0.05) is 11.9 Å². The van der Waals surface area contributed by atoms with E-state index in [9.17, 15) is 4.79 Å². The van der Waals surface area contributed by atoms with Crippen LogP contribution in [0.3, 0.4) is 0 Å². The van der Waals surface area contributed by atoms with Gasteiger partial charge in [-0.1, -0.05) is 19.4 Å². The van der Waals surface area contributed by atoms with Crippen molar-refractivity contribution in [3.05, 3.63) is 24.4 Å². The normalized spacial score (nSPS) is 12.6. The Morgan fingerprint density at radius 1 is 1.56 bits per heavy atom. The molecule has 1 aromatic heterocycles. The van der Waals surface area contributed by atoms with Crippen LogP contribution in [-0.4, -0.2) is 22.6 Å². The van der Waals surface area contributed by atoms with Crippen LogP contribution in [0, 0.1) is 5.92 Å². The monoisotopic (exact) mass is 246 g/mol. The van der Waals surface area contributed by atoms with Crippen LogP contribution in [0.1, 0.15) is 19.8 Å². The summed E-state index contributed by atoms with van der Waals surface area (Å²) in [4.78, 5) is 12.1. The minimum Gasteiger partial charge on any atom is -0.330 e. The first-order valence-corrected chi connectivity index (χ1v) is 6.19. The van der Waals surface area contributed by atoms with Crippen LogP contribution < -0.4 is 11.1 Å². The second-order valence-electron chi connectivity index (χ2n) is 4.35. The highest BCUT2D eigenvalue weighted by Crippen LogP contribution is 2.22. The van der Waals surface area contributed by atoms with E-state index in [1.54, 1.807) is 6.20 Å². The molecule has 2 rings (SSSR count). The van der Waals surface area contributed by atoms with Crippen molar-refractivity contribution in [3.8, 4) is 0 Å². The number of nitrogens with zero attached hydrogens (tertiary/aromatic N) is 1. The van der Waals surface area contributed by atoms with Gasteiger partial charge >= 0.3 is 0 Å². The molecular formula is C13H18N4O. The molecule has 18 heavy (non-hydrogen) atoms. The van der Waals surface area contributed by atoms with Crippen LogP contribution in [0.4, 0.5) is 5.69 Å². The Balaban J connectivity index is 2.18. The fourth-order valence-corrected chi connectivity index (χ4v) is 2.02. The van der Waals surface area contributed by atoms with E-state index in [1.807, 2.05) is 25.1 Å². The Bertz CT molecular complexity index is 535. The topological polar surface area (TPSA) is 83.8 Å². The molecule has 5 nitrogen and oxygen atoms in total. The number of carbonyl (C=O) groups is 1. The zero-order valence-corrected chi connectivity index (χ0v) is 10.4. The zero-order valence-electron chi connectivity index (χ0n) is 10.4. The first-order chi connectivity index (χ1) is 8.76. The Morgan fingerprint density at radius 2 is 2.39 bits per heavy atom. The maximum absolute atomic E-state index is 12.1. The maximum atomic E-state index is 12.1. The summed E-state index contributed by atoms with van der Waals surface area (Å²) in [7, 11) is 0. The summed E-state index contributed by atoms with van der Waals surface area (Å²) in [5.74, 6) is -0.148. The van der Waals surface area contributed by atoms with Gasteiger partial charge in [0.1, 0.15) is 0 Å². The molecule has 2 aromatic rings. The van der Waals surface area contributed by atoms with Crippen LogP contribution in [0.2, 0.25) is 0 Å². The number of amides is 1. The molecule has 0 saturated carbocycles. The Labute approximate surface area is 106 Å². The lowest BCUT2D eigenvalue weighted by atomic mass is 10.0. The number of aromatic amines is 1. The van der Waals surface area contributed by atoms with Crippen LogP contribution in [0.5, 0.6) is 0 Å². The van der Waals surface area contributed by atoms with E-state index in [0.717, 1.165) is 29.4 Å². The highest BCUT2D eigenvalue weighted by molar-refractivity contribution is 6.01. The van der Waals surface area contributed by atoms with Crippen molar-refractivity contribution in [1.29, 1.82) is 0 Å². The van der Waals surface area contributed by atoms with Gasteiger partial charge in [0.2, 0.25) is 5.91 Å². The molecule has 1 unspecified atom stereocenters. The summed E-state index contributed by atoms with van der Waals surface area (Å²) in [6, 6.07) is 5.67. The number of carbonyl (C=O) groups excluding carboxylic acids is 1. The average molecular weight is 246 g/mol. The molecule has 1 aromatic carbocycles. The molecule has 0 radical (unpaired) electrons. The van der Waals surface area contributed by atoms with Crippen molar-refractivity contribution in [2.24, 2.45) is 11.7 Å². The molecule has 0 bridgehead atoms. The van der Waals surface area contributed by atoms with E-state index in [1.165, 1.54) is 0 Å². The van der Waals surface area contributed by atoms with Crippen molar-refractivity contribution in [2.75, 3.05) is 11.9 Å². The molecule has 0 fully saturated rings. The third kappa shape index (κ3) is 2.51. The number of nitrogens with one attached hydrogen (secondary N) is 2. The van der Waals surface area contributed by atoms with Gasteiger partial charge in [0.25, 0.3) is 0 Å². The lowest BCUT2D eigenvalue weighted by molar-refractivity contribution is -0.119. The summed E-state index contributed by atoms with van der Waals surface area (Å²) >= 11 is 0. The summed E-state index contributed by atoms with van der Waals surface area (Å²) in [5, 5.41) is 10.7. The number of rotatable bonds is 5. The SMILES string of the molecule is CCCC(CN)C(=O)Nc1cccc2[nH]ncc12. The van der Waals surface area contributed by atoms with Crippen molar-refractivity contribution < 1.29 is 4.79 Å². The quantitative estimate of drug-likeness (QED) is 0.753. The second-order valence-corrected chi connectivity index (χ2v) is 4.35. The van der Waals surface area contributed by atoms with Crippen molar-refractivity contribution in [1.82, 2.24) is 10.2 Å². The van der Waals surface area contributed by atoms with E-state index in [0.29, 0.717) is 6.54 Å². The number of anilines is 1. The molecule has 1 atom stereocenters. The van der Waals surface area contributed by atoms with E-state index < -0.39 is 0 Å². The summed E-state index contributed by atoms with van der Waals surface area (Å²) in [5.41, 5.74) is 7.32. The minimum atomic E-state index is -0.128. The fourth-order valence-electron chi connectivity index (χ4n) is 2.02. The fraction of sp³-hybridized carbons (Fsp3) is 0.385. The van der Waals surface area contributed by atoms with Gasteiger partial charge in [-0.2, -0.15) is 5.10 Å². The molecule has 0 aliphatic rings. The molecule has 4 N–H and O–H groups in total. The largest absolute Gasteiger partial charge is 0.330 e. The van der Waals surface area contributed by atoms with Crippen molar-refractivity contribution in [3.63, 3.8) is 0 Å². The van der Waals surface area contributed by atoms with E-state index in [-0.39, 0.29) is 11.8 Å².